The maximum Gasteiger partial charge on any atom is 0.0271 e. The highest BCUT2D eigenvalue weighted by Crippen LogP contribution is 2.12. The molecule has 3 heteroatoms. The number of aromatic nitrogens is 1. The minimum atomic E-state index is 0.820. The van der Waals surface area contributed by atoms with E-state index in [1.54, 1.807) is 0 Å². The summed E-state index contributed by atoms with van der Waals surface area (Å²) in [4.78, 5) is 6.45. The highest BCUT2D eigenvalue weighted by atomic mass is 15.1. The van der Waals surface area contributed by atoms with Crippen LogP contribution in [-0.4, -0.2) is 36.6 Å². The van der Waals surface area contributed by atoms with Gasteiger partial charge in [0.25, 0.3) is 0 Å². The average Bonchev–Trinajstić information content (AvgIpc) is 2.31. The van der Waals surface area contributed by atoms with Crippen LogP contribution in [0.25, 0.3) is 0 Å². The summed E-state index contributed by atoms with van der Waals surface area (Å²) in [5, 5.41) is 3.47. The van der Waals surface area contributed by atoms with Crippen molar-refractivity contribution in [3.63, 3.8) is 0 Å². The maximum atomic E-state index is 4.04. The standard InChI is InChI=1S/C13H21N3/c1-16(10-12-4-7-14-8-5-12)11-13-3-2-6-15-9-13/h4-5,7-8,13,15H,2-3,6,9-11H2,1H3. The van der Waals surface area contributed by atoms with Gasteiger partial charge in [-0.25, -0.2) is 0 Å². The van der Waals surface area contributed by atoms with Crippen molar-refractivity contribution < 1.29 is 0 Å². The van der Waals surface area contributed by atoms with Crippen LogP contribution in [0.2, 0.25) is 0 Å². The van der Waals surface area contributed by atoms with E-state index in [2.05, 4.69) is 34.4 Å². The van der Waals surface area contributed by atoms with Crippen molar-refractivity contribution in [2.24, 2.45) is 5.92 Å². The fourth-order valence-electron chi connectivity index (χ4n) is 2.39. The molecular formula is C13H21N3. The number of pyridine rings is 1. The lowest BCUT2D eigenvalue weighted by atomic mass is 9.99. The third-order valence-corrected chi connectivity index (χ3v) is 3.17. The Morgan fingerprint density at radius 1 is 1.44 bits per heavy atom. The highest BCUT2D eigenvalue weighted by Gasteiger charge is 2.14. The quantitative estimate of drug-likeness (QED) is 0.832. The van der Waals surface area contributed by atoms with Crippen LogP contribution < -0.4 is 5.32 Å². The Hall–Kier alpha value is -0.930. The second kappa shape index (κ2) is 5.97. The highest BCUT2D eigenvalue weighted by molar-refractivity contribution is 5.09. The molecule has 1 aromatic heterocycles. The molecule has 16 heavy (non-hydrogen) atoms. The van der Waals surface area contributed by atoms with Crippen LogP contribution in [0.15, 0.2) is 24.5 Å². The van der Waals surface area contributed by atoms with Gasteiger partial charge in [0.05, 0.1) is 0 Å². The van der Waals surface area contributed by atoms with Gasteiger partial charge in [-0.15, -0.1) is 0 Å². The Kier molecular flexibility index (Phi) is 4.31. The summed E-state index contributed by atoms with van der Waals surface area (Å²) in [7, 11) is 2.20. The van der Waals surface area contributed by atoms with E-state index < -0.39 is 0 Å². The van der Waals surface area contributed by atoms with Crippen molar-refractivity contribution in [3.8, 4) is 0 Å². The maximum absolute atomic E-state index is 4.04. The summed E-state index contributed by atoms with van der Waals surface area (Å²) in [6, 6.07) is 4.19. The molecule has 0 aliphatic carbocycles. The van der Waals surface area contributed by atoms with E-state index in [1.165, 1.54) is 38.0 Å². The van der Waals surface area contributed by atoms with Gasteiger partial charge in [-0.05, 0) is 56.6 Å². The van der Waals surface area contributed by atoms with E-state index in [0.717, 1.165) is 12.5 Å². The lowest BCUT2D eigenvalue weighted by molar-refractivity contribution is 0.237. The van der Waals surface area contributed by atoms with Crippen molar-refractivity contribution in [2.75, 3.05) is 26.7 Å². The summed E-state index contributed by atoms with van der Waals surface area (Å²) in [6.45, 7) is 4.60. The number of hydrogen-bond donors (Lipinski definition) is 1. The molecule has 1 aliphatic heterocycles. The molecule has 3 nitrogen and oxygen atoms in total. The molecular weight excluding hydrogens is 198 g/mol. The van der Waals surface area contributed by atoms with Gasteiger partial charge in [-0.2, -0.15) is 0 Å². The predicted molar refractivity (Wildman–Crippen MR) is 66.2 cm³/mol. The van der Waals surface area contributed by atoms with E-state index in [1.807, 2.05) is 12.4 Å². The number of rotatable bonds is 4. The predicted octanol–water partition coefficient (Wildman–Crippen LogP) is 1.51. The van der Waals surface area contributed by atoms with Crippen LogP contribution >= 0.6 is 0 Å². The van der Waals surface area contributed by atoms with E-state index in [4.69, 9.17) is 0 Å². The van der Waals surface area contributed by atoms with Gasteiger partial charge in [-0.3, -0.25) is 4.98 Å². The second-order valence-electron chi connectivity index (χ2n) is 4.76. The number of hydrogen-bond acceptors (Lipinski definition) is 3. The van der Waals surface area contributed by atoms with Crippen LogP contribution in [0.1, 0.15) is 18.4 Å². The summed E-state index contributed by atoms with van der Waals surface area (Å²) in [5.41, 5.74) is 1.35. The SMILES string of the molecule is CN(Cc1ccncc1)CC1CCCNC1. The van der Waals surface area contributed by atoms with Crippen LogP contribution in [-0.2, 0) is 6.54 Å². The first-order valence-electron chi connectivity index (χ1n) is 6.13. The van der Waals surface area contributed by atoms with E-state index in [0.29, 0.717) is 0 Å². The summed E-state index contributed by atoms with van der Waals surface area (Å²) >= 11 is 0. The van der Waals surface area contributed by atoms with Crippen molar-refractivity contribution >= 4 is 0 Å². The van der Waals surface area contributed by atoms with Gasteiger partial charge in [0.2, 0.25) is 0 Å². The molecule has 1 aliphatic rings. The van der Waals surface area contributed by atoms with Gasteiger partial charge in [-0.1, -0.05) is 0 Å². The van der Waals surface area contributed by atoms with Gasteiger partial charge in [0.1, 0.15) is 0 Å². The molecule has 1 N–H and O–H groups in total. The molecule has 1 saturated heterocycles. The average molecular weight is 219 g/mol. The molecule has 1 fully saturated rings. The first-order chi connectivity index (χ1) is 7.84. The number of nitrogens with zero attached hydrogens (tertiary/aromatic N) is 2. The molecule has 88 valence electrons. The molecule has 0 bridgehead atoms. The van der Waals surface area contributed by atoms with E-state index >= 15 is 0 Å². The molecule has 2 heterocycles. The fourth-order valence-corrected chi connectivity index (χ4v) is 2.39. The van der Waals surface area contributed by atoms with Crippen molar-refractivity contribution in [1.82, 2.24) is 15.2 Å². The zero-order chi connectivity index (χ0) is 11.2. The Bertz CT molecular complexity index is 293. The van der Waals surface area contributed by atoms with Gasteiger partial charge < -0.3 is 10.2 Å². The van der Waals surface area contributed by atoms with Crippen LogP contribution in [0.3, 0.4) is 0 Å². The molecule has 1 aromatic rings. The van der Waals surface area contributed by atoms with Crippen LogP contribution in [0, 0.1) is 5.92 Å². The fraction of sp³-hybridized carbons (Fsp3) is 0.615. The monoisotopic (exact) mass is 219 g/mol. The van der Waals surface area contributed by atoms with Gasteiger partial charge in [0.15, 0.2) is 0 Å². The van der Waals surface area contributed by atoms with Gasteiger partial charge in [0, 0.05) is 25.5 Å². The van der Waals surface area contributed by atoms with Crippen molar-refractivity contribution in [3.05, 3.63) is 30.1 Å². The van der Waals surface area contributed by atoms with Gasteiger partial charge >= 0.3 is 0 Å². The lowest BCUT2D eigenvalue weighted by Gasteiger charge is -2.27. The number of nitrogens with one attached hydrogen (secondary N) is 1. The smallest absolute Gasteiger partial charge is 0.0271 e. The minimum absolute atomic E-state index is 0.820. The normalized spacial score (nSPS) is 21.2. The molecule has 0 aromatic carbocycles. The summed E-state index contributed by atoms with van der Waals surface area (Å²) in [6.07, 6.45) is 6.43. The second-order valence-corrected chi connectivity index (χ2v) is 4.76. The topological polar surface area (TPSA) is 28.2 Å². The Balaban J connectivity index is 1.77. The molecule has 0 spiro atoms. The molecule has 2 rings (SSSR count). The third kappa shape index (κ3) is 3.58. The van der Waals surface area contributed by atoms with Crippen LogP contribution in [0.5, 0.6) is 0 Å². The molecule has 0 saturated carbocycles. The molecule has 0 amide bonds. The zero-order valence-corrected chi connectivity index (χ0v) is 10.0. The molecule has 1 unspecified atom stereocenters. The first-order valence-corrected chi connectivity index (χ1v) is 6.13. The summed E-state index contributed by atoms with van der Waals surface area (Å²) in [5.74, 6) is 0.820. The lowest BCUT2D eigenvalue weighted by Crippen LogP contribution is -2.36. The number of piperidine rings is 1. The zero-order valence-electron chi connectivity index (χ0n) is 10.0. The van der Waals surface area contributed by atoms with Crippen LogP contribution in [0.4, 0.5) is 0 Å². The largest absolute Gasteiger partial charge is 0.316 e. The van der Waals surface area contributed by atoms with Crippen molar-refractivity contribution in [1.29, 1.82) is 0 Å². The third-order valence-electron chi connectivity index (χ3n) is 3.17. The Morgan fingerprint density at radius 3 is 2.94 bits per heavy atom. The first kappa shape index (κ1) is 11.6. The van der Waals surface area contributed by atoms with E-state index in [9.17, 15) is 0 Å². The molecule has 1 atom stereocenters. The van der Waals surface area contributed by atoms with E-state index in [-0.39, 0.29) is 0 Å². The molecule has 0 radical (unpaired) electrons. The minimum Gasteiger partial charge on any atom is -0.316 e. The van der Waals surface area contributed by atoms with Crippen molar-refractivity contribution in [2.45, 2.75) is 19.4 Å². The Morgan fingerprint density at radius 2 is 2.25 bits per heavy atom. The Labute approximate surface area is 97.9 Å². The summed E-state index contributed by atoms with van der Waals surface area (Å²) < 4.78 is 0.